The number of hydrogen-bond acceptors (Lipinski definition) is 2. The van der Waals surface area contributed by atoms with Crippen molar-refractivity contribution in [2.75, 3.05) is 0 Å². The summed E-state index contributed by atoms with van der Waals surface area (Å²) >= 11 is 0. The molecule has 18 heavy (non-hydrogen) atoms. The van der Waals surface area contributed by atoms with Crippen molar-refractivity contribution in [2.24, 2.45) is 0 Å². The predicted octanol–water partition coefficient (Wildman–Crippen LogP) is 4.32. The molecule has 2 aliphatic carbocycles. The molecular weight excluding hydrogens is 224 g/mol. The van der Waals surface area contributed by atoms with Gasteiger partial charge < -0.3 is 9.84 Å². The van der Waals surface area contributed by atoms with Crippen molar-refractivity contribution in [2.45, 2.75) is 63.9 Å². The standard InChI is InChI=1S/C16H22O2/c1-16(2,3)18-14-9-12(10-4-5-10)8-13(17)15(14)11-6-7-11/h8-11,17H,4-7H2,1-3H3. The summed E-state index contributed by atoms with van der Waals surface area (Å²) in [5.41, 5.74) is 2.07. The molecule has 2 saturated carbocycles. The zero-order chi connectivity index (χ0) is 12.9. The molecule has 1 aromatic rings. The van der Waals surface area contributed by atoms with E-state index in [2.05, 4.69) is 26.8 Å². The normalized spacial score (nSPS) is 19.9. The number of hydrogen-bond donors (Lipinski definition) is 1. The molecule has 0 bridgehead atoms. The van der Waals surface area contributed by atoms with Crippen LogP contribution in [0.25, 0.3) is 0 Å². The Morgan fingerprint density at radius 2 is 1.67 bits per heavy atom. The Morgan fingerprint density at radius 3 is 2.17 bits per heavy atom. The zero-order valence-electron chi connectivity index (χ0n) is 11.5. The van der Waals surface area contributed by atoms with Crippen molar-refractivity contribution in [3.8, 4) is 11.5 Å². The average Bonchev–Trinajstić information content (AvgIpc) is 3.10. The predicted molar refractivity (Wildman–Crippen MR) is 72.4 cm³/mol. The Balaban J connectivity index is 2.00. The van der Waals surface area contributed by atoms with Gasteiger partial charge in [0.2, 0.25) is 0 Å². The third kappa shape index (κ3) is 2.47. The van der Waals surface area contributed by atoms with E-state index in [4.69, 9.17) is 4.74 Å². The van der Waals surface area contributed by atoms with Crippen molar-refractivity contribution in [1.29, 1.82) is 0 Å². The average molecular weight is 246 g/mol. The minimum Gasteiger partial charge on any atom is -0.508 e. The third-order valence-electron chi connectivity index (χ3n) is 3.59. The molecule has 2 heteroatoms. The first-order chi connectivity index (χ1) is 8.44. The summed E-state index contributed by atoms with van der Waals surface area (Å²) in [6.45, 7) is 6.18. The van der Waals surface area contributed by atoms with E-state index in [0.717, 1.165) is 11.3 Å². The molecule has 98 valence electrons. The van der Waals surface area contributed by atoms with Gasteiger partial charge in [-0.3, -0.25) is 0 Å². The summed E-state index contributed by atoms with van der Waals surface area (Å²) in [4.78, 5) is 0. The second kappa shape index (κ2) is 3.91. The van der Waals surface area contributed by atoms with Crippen molar-refractivity contribution < 1.29 is 9.84 Å². The fourth-order valence-electron chi connectivity index (χ4n) is 2.48. The molecule has 0 atom stereocenters. The number of phenolic OH excluding ortho intramolecular Hbond substituents is 1. The van der Waals surface area contributed by atoms with Gasteiger partial charge in [-0.1, -0.05) is 0 Å². The summed E-state index contributed by atoms with van der Waals surface area (Å²) in [6, 6.07) is 4.12. The number of rotatable bonds is 3. The maximum atomic E-state index is 10.3. The lowest BCUT2D eigenvalue weighted by atomic mass is 10.0. The minimum atomic E-state index is -0.210. The van der Waals surface area contributed by atoms with Gasteiger partial charge in [0.15, 0.2) is 0 Å². The number of phenols is 1. The topological polar surface area (TPSA) is 29.5 Å². The maximum Gasteiger partial charge on any atom is 0.127 e. The highest BCUT2D eigenvalue weighted by Gasteiger charge is 2.33. The first kappa shape index (κ1) is 11.9. The Bertz CT molecular complexity index is 463. The van der Waals surface area contributed by atoms with Gasteiger partial charge in [0.25, 0.3) is 0 Å². The quantitative estimate of drug-likeness (QED) is 0.860. The van der Waals surface area contributed by atoms with Crippen LogP contribution in [0, 0.1) is 0 Å². The van der Waals surface area contributed by atoms with Crippen LogP contribution < -0.4 is 4.74 Å². The zero-order valence-corrected chi connectivity index (χ0v) is 11.5. The summed E-state index contributed by atoms with van der Waals surface area (Å²) < 4.78 is 6.07. The van der Waals surface area contributed by atoms with Crippen LogP contribution in [0.15, 0.2) is 12.1 Å². The summed E-state index contributed by atoms with van der Waals surface area (Å²) in [7, 11) is 0. The lowest BCUT2D eigenvalue weighted by Crippen LogP contribution is -2.23. The molecule has 0 saturated heterocycles. The van der Waals surface area contributed by atoms with E-state index in [1.165, 1.54) is 31.2 Å². The molecule has 0 heterocycles. The van der Waals surface area contributed by atoms with Crippen molar-refractivity contribution in [3.05, 3.63) is 23.3 Å². The third-order valence-corrected chi connectivity index (χ3v) is 3.59. The van der Waals surface area contributed by atoms with Crippen LogP contribution in [0.1, 0.15) is 69.4 Å². The molecule has 0 radical (unpaired) electrons. The van der Waals surface area contributed by atoms with Crippen LogP contribution in [0.5, 0.6) is 11.5 Å². The van der Waals surface area contributed by atoms with E-state index < -0.39 is 0 Å². The van der Waals surface area contributed by atoms with Crippen LogP contribution in [0.4, 0.5) is 0 Å². The first-order valence-electron chi connectivity index (χ1n) is 7.00. The minimum absolute atomic E-state index is 0.210. The van der Waals surface area contributed by atoms with Crippen LogP contribution in [-0.4, -0.2) is 10.7 Å². The van der Waals surface area contributed by atoms with Crippen LogP contribution in [-0.2, 0) is 0 Å². The smallest absolute Gasteiger partial charge is 0.127 e. The van der Waals surface area contributed by atoms with Gasteiger partial charge in [0.05, 0.1) is 0 Å². The Kier molecular flexibility index (Phi) is 2.58. The van der Waals surface area contributed by atoms with Gasteiger partial charge in [0, 0.05) is 5.56 Å². The van der Waals surface area contributed by atoms with Crippen molar-refractivity contribution in [3.63, 3.8) is 0 Å². The van der Waals surface area contributed by atoms with Gasteiger partial charge >= 0.3 is 0 Å². The van der Waals surface area contributed by atoms with Crippen LogP contribution in [0.3, 0.4) is 0 Å². The maximum absolute atomic E-state index is 10.3. The summed E-state index contributed by atoms with van der Waals surface area (Å²) in [6.07, 6.45) is 4.85. The second-order valence-electron chi connectivity index (χ2n) is 6.71. The molecule has 0 aliphatic heterocycles. The van der Waals surface area contributed by atoms with Gasteiger partial charge in [-0.15, -0.1) is 0 Å². The molecule has 1 aromatic carbocycles. The van der Waals surface area contributed by atoms with Gasteiger partial charge in [0.1, 0.15) is 17.1 Å². The van der Waals surface area contributed by atoms with E-state index in [1.807, 2.05) is 6.07 Å². The summed E-state index contributed by atoms with van der Waals surface area (Å²) in [5, 5.41) is 10.3. The monoisotopic (exact) mass is 246 g/mol. The lowest BCUT2D eigenvalue weighted by molar-refractivity contribution is 0.129. The molecule has 0 spiro atoms. The van der Waals surface area contributed by atoms with Crippen LogP contribution >= 0.6 is 0 Å². The van der Waals surface area contributed by atoms with E-state index in [-0.39, 0.29) is 5.60 Å². The fourth-order valence-corrected chi connectivity index (χ4v) is 2.48. The second-order valence-corrected chi connectivity index (χ2v) is 6.71. The Hall–Kier alpha value is -1.18. The molecule has 2 nitrogen and oxygen atoms in total. The molecule has 0 amide bonds. The van der Waals surface area contributed by atoms with E-state index in [0.29, 0.717) is 17.6 Å². The first-order valence-corrected chi connectivity index (χ1v) is 7.00. The van der Waals surface area contributed by atoms with Crippen LogP contribution in [0.2, 0.25) is 0 Å². The SMILES string of the molecule is CC(C)(C)Oc1cc(C2CC2)cc(O)c1C1CC1. The summed E-state index contributed by atoms with van der Waals surface area (Å²) in [5.74, 6) is 2.51. The molecule has 1 N–H and O–H groups in total. The molecular formula is C16H22O2. The van der Waals surface area contributed by atoms with E-state index >= 15 is 0 Å². The van der Waals surface area contributed by atoms with Gasteiger partial charge in [-0.25, -0.2) is 0 Å². The number of ether oxygens (including phenoxy) is 1. The van der Waals surface area contributed by atoms with E-state index in [9.17, 15) is 5.11 Å². The van der Waals surface area contributed by atoms with E-state index in [1.54, 1.807) is 0 Å². The van der Waals surface area contributed by atoms with Gasteiger partial charge in [-0.2, -0.15) is 0 Å². The highest BCUT2D eigenvalue weighted by atomic mass is 16.5. The molecule has 0 unspecified atom stereocenters. The van der Waals surface area contributed by atoms with Crippen molar-refractivity contribution in [1.82, 2.24) is 0 Å². The Labute approximate surface area is 109 Å². The largest absolute Gasteiger partial charge is 0.508 e. The lowest BCUT2D eigenvalue weighted by Gasteiger charge is -2.24. The number of aromatic hydroxyl groups is 1. The molecule has 3 rings (SSSR count). The molecule has 2 aliphatic rings. The molecule has 2 fully saturated rings. The molecule has 0 aromatic heterocycles. The highest BCUT2D eigenvalue weighted by molar-refractivity contribution is 5.52. The highest BCUT2D eigenvalue weighted by Crippen LogP contribution is 2.52. The number of benzene rings is 1. The fraction of sp³-hybridized carbons (Fsp3) is 0.625. The van der Waals surface area contributed by atoms with Crippen molar-refractivity contribution >= 4 is 0 Å². The van der Waals surface area contributed by atoms with Gasteiger partial charge in [-0.05, 0) is 76.0 Å². The Morgan fingerprint density at radius 1 is 1.06 bits per heavy atom.